The van der Waals surface area contributed by atoms with Gasteiger partial charge in [0.25, 0.3) is 5.91 Å². The van der Waals surface area contributed by atoms with Crippen molar-refractivity contribution in [2.75, 3.05) is 6.61 Å². The van der Waals surface area contributed by atoms with Gasteiger partial charge in [-0.1, -0.05) is 57.7 Å². The Morgan fingerprint density at radius 3 is 2.38 bits per heavy atom. The summed E-state index contributed by atoms with van der Waals surface area (Å²) in [6, 6.07) is 15.6. The highest BCUT2D eigenvalue weighted by molar-refractivity contribution is 5.94. The number of benzene rings is 2. The molecule has 138 valence electrons. The van der Waals surface area contributed by atoms with Crippen LogP contribution >= 0.6 is 0 Å². The van der Waals surface area contributed by atoms with Gasteiger partial charge in [0.1, 0.15) is 12.4 Å². The minimum atomic E-state index is -0.113. The van der Waals surface area contributed by atoms with Crippen LogP contribution in [0.15, 0.2) is 60.7 Å². The maximum Gasteiger partial charge on any atom is 0.251 e. The van der Waals surface area contributed by atoms with Gasteiger partial charge in [0, 0.05) is 5.56 Å². The van der Waals surface area contributed by atoms with Crippen LogP contribution in [0.4, 0.5) is 0 Å². The summed E-state index contributed by atoms with van der Waals surface area (Å²) in [4.78, 5) is 12.6. The van der Waals surface area contributed by atoms with Crippen LogP contribution in [0.25, 0.3) is 0 Å². The Morgan fingerprint density at radius 2 is 1.81 bits per heavy atom. The van der Waals surface area contributed by atoms with Gasteiger partial charge in [-0.2, -0.15) is 0 Å². The molecule has 1 atom stereocenters. The average molecular weight is 351 g/mol. The Hall–Kier alpha value is -2.55. The van der Waals surface area contributed by atoms with Gasteiger partial charge in [-0.25, -0.2) is 0 Å². The van der Waals surface area contributed by atoms with E-state index in [4.69, 9.17) is 4.74 Å². The van der Waals surface area contributed by atoms with Crippen molar-refractivity contribution in [3.05, 3.63) is 77.4 Å². The summed E-state index contributed by atoms with van der Waals surface area (Å²) in [6.45, 7) is 14.7. The Balaban J connectivity index is 2.04. The molecule has 3 heteroatoms. The van der Waals surface area contributed by atoms with Gasteiger partial charge in [-0.15, -0.1) is 0 Å². The summed E-state index contributed by atoms with van der Waals surface area (Å²) < 4.78 is 5.61. The number of hydrogen-bond acceptors (Lipinski definition) is 2. The summed E-state index contributed by atoms with van der Waals surface area (Å²) >= 11 is 0. The molecule has 0 aliphatic carbocycles. The van der Waals surface area contributed by atoms with Crippen molar-refractivity contribution in [2.24, 2.45) is 0 Å². The Kier molecular flexibility index (Phi) is 6.25. The van der Waals surface area contributed by atoms with Crippen LogP contribution in [0.2, 0.25) is 0 Å². The van der Waals surface area contributed by atoms with Crippen molar-refractivity contribution in [2.45, 2.75) is 46.1 Å². The first-order valence-corrected chi connectivity index (χ1v) is 8.95. The second kappa shape index (κ2) is 8.22. The lowest BCUT2D eigenvalue weighted by Crippen LogP contribution is -2.26. The first-order valence-electron chi connectivity index (χ1n) is 8.95. The number of amides is 1. The van der Waals surface area contributed by atoms with E-state index in [1.165, 1.54) is 5.56 Å². The van der Waals surface area contributed by atoms with Gasteiger partial charge >= 0.3 is 0 Å². The lowest BCUT2D eigenvalue weighted by molar-refractivity contribution is 0.0939. The number of carbonyl (C=O) groups excluding carboxylic acids is 1. The standard InChI is InChI=1S/C23H29NO2/c1-16(2)15-26-21-9-7-8-19(14-21)22(25)24-17(3)18-10-12-20(13-11-18)23(4,5)6/h7-14,17H,1,15H2,2-6H3,(H,24,25)/t17-/m0/s1. The lowest BCUT2D eigenvalue weighted by Gasteiger charge is -2.21. The maximum atomic E-state index is 12.6. The molecule has 0 bridgehead atoms. The Morgan fingerprint density at radius 1 is 1.15 bits per heavy atom. The fourth-order valence-corrected chi connectivity index (χ4v) is 2.57. The molecule has 0 saturated heterocycles. The van der Waals surface area contributed by atoms with Gasteiger partial charge in [-0.05, 0) is 54.2 Å². The molecule has 2 rings (SSSR count). The number of carbonyl (C=O) groups is 1. The van der Waals surface area contributed by atoms with Crippen LogP contribution in [0, 0.1) is 0 Å². The highest BCUT2D eigenvalue weighted by Gasteiger charge is 2.15. The van der Waals surface area contributed by atoms with Crippen molar-refractivity contribution < 1.29 is 9.53 Å². The topological polar surface area (TPSA) is 38.3 Å². The van der Waals surface area contributed by atoms with E-state index < -0.39 is 0 Å². The van der Waals surface area contributed by atoms with E-state index in [1.54, 1.807) is 12.1 Å². The lowest BCUT2D eigenvalue weighted by atomic mass is 9.86. The molecule has 0 aromatic heterocycles. The third kappa shape index (κ3) is 5.48. The van der Waals surface area contributed by atoms with Crippen molar-refractivity contribution in [1.29, 1.82) is 0 Å². The first kappa shape index (κ1) is 19.8. The SMILES string of the molecule is C=C(C)COc1cccc(C(=O)N[C@@H](C)c2ccc(C(C)(C)C)cc2)c1. The largest absolute Gasteiger partial charge is 0.489 e. The van der Waals surface area contributed by atoms with E-state index >= 15 is 0 Å². The summed E-state index contributed by atoms with van der Waals surface area (Å²) in [5.74, 6) is 0.556. The minimum absolute atomic E-state index is 0.0727. The number of hydrogen-bond donors (Lipinski definition) is 1. The van der Waals surface area contributed by atoms with E-state index in [0.717, 1.165) is 11.1 Å². The van der Waals surface area contributed by atoms with E-state index in [9.17, 15) is 4.79 Å². The molecule has 0 aliphatic heterocycles. The van der Waals surface area contributed by atoms with Gasteiger partial charge in [0.05, 0.1) is 6.04 Å². The smallest absolute Gasteiger partial charge is 0.251 e. The van der Waals surface area contributed by atoms with Gasteiger partial charge < -0.3 is 10.1 Å². The fraction of sp³-hybridized carbons (Fsp3) is 0.348. The third-order valence-electron chi connectivity index (χ3n) is 4.21. The molecule has 0 spiro atoms. The fourth-order valence-electron chi connectivity index (χ4n) is 2.57. The molecule has 0 radical (unpaired) electrons. The maximum absolute atomic E-state index is 12.6. The average Bonchev–Trinajstić information content (AvgIpc) is 2.59. The molecular formula is C23H29NO2. The third-order valence-corrected chi connectivity index (χ3v) is 4.21. The highest BCUT2D eigenvalue weighted by Crippen LogP contribution is 2.24. The zero-order valence-electron chi connectivity index (χ0n) is 16.4. The summed E-state index contributed by atoms with van der Waals surface area (Å²) in [6.07, 6.45) is 0. The molecule has 1 amide bonds. The zero-order valence-corrected chi connectivity index (χ0v) is 16.4. The number of rotatable bonds is 6. The van der Waals surface area contributed by atoms with Crippen molar-refractivity contribution in [1.82, 2.24) is 5.32 Å². The van der Waals surface area contributed by atoms with E-state index in [2.05, 4.69) is 56.9 Å². The summed E-state index contributed by atoms with van der Waals surface area (Å²) in [5, 5.41) is 3.05. The Bertz CT molecular complexity index is 770. The molecule has 2 aromatic carbocycles. The predicted octanol–water partition coefficient (Wildman–Crippen LogP) is 5.43. The predicted molar refractivity (Wildman–Crippen MR) is 108 cm³/mol. The van der Waals surface area contributed by atoms with Crippen molar-refractivity contribution in [3.63, 3.8) is 0 Å². The van der Waals surface area contributed by atoms with E-state index in [1.807, 2.05) is 26.0 Å². The molecule has 1 N–H and O–H groups in total. The van der Waals surface area contributed by atoms with Crippen LogP contribution < -0.4 is 10.1 Å². The monoisotopic (exact) mass is 351 g/mol. The molecule has 3 nitrogen and oxygen atoms in total. The van der Waals surface area contributed by atoms with Crippen molar-refractivity contribution in [3.8, 4) is 5.75 Å². The molecule has 0 aliphatic rings. The molecule has 0 unspecified atom stereocenters. The number of nitrogens with one attached hydrogen (secondary N) is 1. The molecular weight excluding hydrogens is 322 g/mol. The second-order valence-corrected chi connectivity index (χ2v) is 7.84. The molecule has 0 heterocycles. The molecule has 26 heavy (non-hydrogen) atoms. The molecule has 0 saturated carbocycles. The van der Waals surface area contributed by atoms with Crippen molar-refractivity contribution >= 4 is 5.91 Å². The minimum Gasteiger partial charge on any atom is -0.489 e. The van der Waals surface area contributed by atoms with E-state index in [-0.39, 0.29) is 17.4 Å². The molecule has 2 aromatic rings. The molecule has 0 fully saturated rings. The zero-order chi connectivity index (χ0) is 19.3. The van der Waals surface area contributed by atoms with Gasteiger partial charge in [0.2, 0.25) is 0 Å². The van der Waals surface area contributed by atoms with Crippen LogP contribution in [0.3, 0.4) is 0 Å². The second-order valence-electron chi connectivity index (χ2n) is 7.84. The van der Waals surface area contributed by atoms with Gasteiger partial charge in [0.15, 0.2) is 0 Å². The summed E-state index contributed by atoms with van der Waals surface area (Å²) in [5.41, 5.74) is 4.01. The first-order chi connectivity index (χ1) is 12.2. The number of ether oxygens (including phenoxy) is 1. The van der Waals surface area contributed by atoms with Crippen LogP contribution in [-0.2, 0) is 5.41 Å². The van der Waals surface area contributed by atoms with Crippen LogP contribution in [0.1, 0.15) is 62.1 Å². The Labute approximate surface area is 157 Å². The summed E-state index contributed by atoms with van der Waals surface area (Å²) in [7, 11) is 0. The van der Waals surface area contributed by atoms with Crippen LogP contribution in [0.5, 0.6) is 5.75 Å². The normalized spacial score (nSPS) is 12.3. The quantitative estimate of drug-likeness (QED) is 0.705. The van der Waals surface area contributed by atoms with Gasteiger partial charge in [-0.3, -0.25) is 4.79 Å². The highest BCUT2D eigenvalue weighted by atomic mass is 16.5. The van der Waals surface area contributed by atoms with E-state index in [0.29, 0.717) is 17.9 Å². The van der Waals surface area contributed by atoms with Crippen LogP contribution in [-0.4, -0.2) is 12.5 Å².